The van der Waals surface area contributed by atoms with Gasteiger partial charge in [0.2, 0.25) is 0 Å². The fourth-order valence-electron chi connectivity index (χ4n) is 1.58. The van der Waals surface area contributed by atoms with Crippen molar-refractivity contribution in [2.75, 3.05) is 7.05 Å². The van der Waals surface area contributed by atoms with E-state index in [-0.39, 0.29) is 0 Å². The Hall–Kier alpha value is -1.05. The lowest BCUT2D eigenvalue weighted by atomic mass is 9.94. The summed E-state index contributed by atoms with van der Waals surface area (Å²) in [4.78, 5) is 0. The van der Waals surface area contributed by atoms with Gasteiger partial charge in [-0.15, -0.1) is 0 Å². The summed E-state index contributed by atoms with van der Waals surface area (Å²) in [5, 5.41) is 10.8. The topological polar surface area (TPSA) is 35.9 Å². The summed E-state index contributed by atoms with van der Waals surface area (Å²) in [7, 11) is 1.89. The van der Waals surface area contributed by atoms with Crippen molar-refractivity contribution in [3.63, 3.8) is 0 Å². The summed E-state index contributed by atoms with van der Waals surface area (Å²) in [5.74, 6) is 0. The second kappa shape index (κ2) is 4.10. The summed E-state index contributed by atoms with van der Waals surface area (Å²) >= 11 is 0. The van der Waals surface area contributed by atoms with E-state index in [0.717, 1.165) is 30.7 Å². The maximum atomic E-state index is 7.70. The van der Waals surface area contributed by atoms with E-state index in [1.165, 1.54) is 5.57 Å². The zero-order valence-electron chi connectivity index (χ0n) is 7.78. The molecule has 0 saturated heterocycles. The Morgan fingerprint density at radius 2 is 2.17 bits per heavy atom. The van der Waals surface area contributed by atoms with Crippen molar-refractivity contribution in [3.8, 4) is 0 Å². The molecule has 2 heteroatoms. The molecule has 66 valence electrons. The zero-order chi connectivity index (χ0) is 8.97. The van der Waals surface area contributed by atoms with Crippen molar-refractivity contribution < 1.29 is 0 Å². The number of rotatable bonds is 2. The summed E-state index contributed by atoms with van der Waals surface area (Å²) in [6, 6.07) is 0. The van der Waals surface area contributed by atoms with Gasteiger partial charge in [-0.05, 0) is 31.8 Å². The van der Waals surface area contributed by atoms with Crippen LogP contribution in [0.2, 0.25) is 0 Å². The van der Waals surface area contributed by atoms with Crippen LogP contribution < -0.4 is 5.32 Å². The van der Waals surface area contributed by atoms with Crippen molar-refractivity contribution in [2.24, 2.45) is 0 Å². The predicted octanol–water partition coefficient (Wildman–Crippen LogP) is 2.24. The standard InChI is InChI=1S/C10H16N2/c1-3-5-8-6-4-7-9(11)10(8)12-2/h3,5,11-12H,4,6-7H2,1-2H3/b5-3-,11-9?. The van der Waals surface area contributed by atoms with E-state index in [2.05, 4.69) is 11.4 Å². The molecule has 0 spiro atoms. The molecule has 1 rings (SSSR count). The van der Waals surface area contributed by atoms with Crippen LogP contribution in [0.4, 0.5) is 0 Å². The van der Waals surface area contributed by atoms with Crippen molar-refractivity contribution in [2.45, 2.75) is 26.2 Å². The Kier molecular flexibility index (Phi) is 3.09. The second-order valence-electron chi connectivity index (χ2n) is 2.98. The van der Waals surface area contributed by atoms with E-state index < -0.39 is 0 Å². The quantitative estimate of drug-likeness (QED) is 0.645. The van der Waals surface area contributed by atoms with Crippen LogP contribution in [-0.4, -0.2) is 12.8 Å². The highest BCUT2D eigenvalue weighted by molar-refractivity contribution is 5.99. The number of hydrogen-bond donors (Lipinski definition) is 2. The van der Waals surface area contributed by atoms with Gasteiger partial charge in [-0.2, -0.15) is 0 Å². The van der Waals surface area contributed by atoms with Crippen molar-refractivity contribution in [1.82, 2.24) is 5.32 Å². The van der Waals surface area contributed by atoms with Crippen LogP contribution >= 0.6 is 0 Å². The number of hydrogen-bond acceptors (Lipinski definition) is 2. The van der Waals surface area contributed by atoms with Crippen LogP contribution in [0.1, 0.15) is 26.2 Å². The maximum absolute atomic E-state index is 7.70. The summed E-state index contributed by atoms with van der Waals surface area (Å²) in [6.07, 6.45) is 7.26. The van der Waals surface area contributed by atoms with E-state index in [0.29, 0.717) is 0 Å². The molecule has 0 fully saturated rings. The van der Waals surface area contributed by atoms with Crippen LogP contribution in [-0.2, 0) is 0 Å². The van der Waals surface area contributed by atoms with Crippen molar-refractivity contribution >= 4 is 5.71 Å². The minimum atomic E-state index is 0.747. The normalized spacial score (nSPS) is 19.0. The van der Waals surface area contributed by atoms with Gasteiger partial charge in [-0.25, -0.2) is 0 Å². The Morgan fingerprint density at radius 3 is 2.75 bits per heavy atom. The average Bonchev–Trinajstić information content (AvgIpc) is 2.05. The molecule has 0 heterocycles. The fourth-order valence-corrected chi connectivity index (χ4v) is 1.58. The molecule has 12 heavy (non-hydrogen) atoms. The first-order chi connectivity index (χ1) is 5.79. The lowest BCUT2D eigenvalue weighted by Gasteiger charge is -2.18. The van der Waals surface area contributed by atoms with Gasteiger partial charge in [-0.3, -0.25) is 0 Å². The SMILES string of the molecule is C/C=C\C1=C(NC)C(=N)CCC1. The molecular weight excluding hydrogens is 148 g/mol. The minimum absolute atomic E-state index is 0.747. The average molecular weight is 164 g/mol. The molecule has 0 amide bonds. The fraction of sp³-hybridized carbons (Fsp3) is 0.500. The monoisotopic (exact) mass is 164 g/mol. The van der Waals surface area contributed by atoms with E-state index >= 15 is 0 Å². The Labute approximate surface area is 73.9 Å². The van der Waals surface area contributed by atoms with E-state index in [1.54, 1.807) is 0 Å². The van der Waals surface area contributed by atoms with Crippen LogP contribution in [0.5, 0.6) is 0 Å². The van der Waals surface area contributed by atoms with Gasteiger partial charge in [0.1, 0.15) is 0 Å². The number of allylic oxidation sites excluding steroid dienone is 4. The predicted molar refractivity (Wildman–Crippen MR) is 52.5 cm³/mol. The summed E-state index contributed by atoms with van der Waals surface area (Å²) in [5.41, 5.74) is 3.05. The van der Waals surface area contributed by atoms with Crippen LogP contribution in [0.3, 0.4) is 0 Å². The summed E-state index contributed by atoms with van der Waals surface area (Å²) < 4.78 is 0. The van der Waals surface area contributed by atoms with Crippen LogP contribution in [0.15, 0.2) is 23.4 Å². The Balaban J connectivity index is 2.94. The third kappa shape index (κ3) is 1.76. The molecule has 0 bridgehead atoms. The molecule has 1 aliphatic rings. The second-order valence-corrected chi connectivity index (χ2v) is 2.98. The largest absolute Gasteiger partial charge is 0.386 e. The lowest BCUT2D eigenvalue weighted by Crippen LogP contribution is -2.20. The smallest absolute Gasteiger partial charge is 0.0581 e. The van der Waals surface area contributed by atoms with Crippen LogP contribution in [0.25, 0.3) is 0 Å². The Morgan fingerprint density at radius 1 is 1.42 bits per heavy atom. The zero-order valence-corrected chi connectivity index (χ0v) is 7.78. The molecule has 1 aliphatic carbocycles. The molecule has 0 saturated carbocycles. The van der Waals surface area contributed by atoms with Crippen LogP contribution in [0, 0.1) is 5.41 Å². The van der Waals surface area contributed by atoms with E-state index in [4.69, 9.17) is 5.41 Å². The minimum Gasteiger partial charge on any atom is -0.386 e. The highest BCUT2D eigenvalue weighted by Crippen LogP contribution is 2.21. The molecule has 2 nitrogen and oxygen atoms in total. The molecule has 0 aromatic heterocycles. The van der Waals surface area contributed by atoms with Gasteiger partial charge in [0.25, 0.3) is 0 Å². The maximum Gasteiger partial charge on any atom is 0.0581 e. The van der Waals surface area contributed by atoms with Gasteiger partial charge in [0.15, 0.2) is 0 Å². The van der Waals surface area contributed by atoms with Gasteiger partial charge in [-0.1, -0.05) is 12.2 Å². The first kappa shape index (κ1) is 9.04. The molecule has 2 N–H and O–H groups in total. The van der Waals surface area contributed by atoms with Gasteiger partial charge >= 0.3 is 0 Å². The molecule has 0 aromatic carbocycles. The van der Waals surface area contributed by atoms with Crippen molar-refractivity contribution in [3.05, 3.63) is 23.4 Å². The van der Waals surface area contributed by atoms with E-state index in [1.807, 2.05) is 20.0 Å². The lowest BCUT2D eigenvalue weighted by molar-refractivity contribution is 0.806. The van der Waals surface area contributed by atoms with E-state index in [9.17, 15) is 0 Å². The molecule has 0 unspecified atom stereocenters. The first-order valence-corrected chi connectivity index (χ1v) is 4.41. The number of nitrogens with one attached hydrogen (secondary N) is 2. The third-order valence-corrected chi connectivity index (χ3v) is 2.11. The molecule has 0 aromatic rings. The first-order valence-electron chi connectivity index (χ1n) is 4.41. The molecule has 0 radical (unpaired) electrons. The molecule has 0 atom stereocenters. The Bertz CT molecular complexity index is 236. The van der Waals surface area contributed by atoms with Gasteiger partial charge < -0.3 is 10.7 Å². The van der Waals surface area contributed by atoms with Crippen molar-refractivity contribution in [1.29, 1.82) is 5.41 Å². The molecular formula is C10H16N2. The third-order valence-electron chi connectivity index (χ3n) is 2.11. The highest BCUT2D eigenvalue weighted by Gasteiger charge is 2.13. The molecule has 0 aliphatic heterocycles. The van der Waals surface area contributed by atoms with Gasteiger partial charge in [0, 0.05) is 7.05 Å². The van der Waals surface area contributed by atoms with Gasteiger partial charge in [0.05, 0.1) is 11.4 Å². The summed E-state index contributed by atoms with van der Waals surface area (Å²) in [6.45, 7) is 2.01. The highest BCUT2D eigenvalue weighted by atomic mass is 14.9.